The van der Waals surface area contributed by atoms with Crippen LogP contribution in [0.2, 0.25) is 5.02 Å². The number of aryl methyl sites for hydroxylation is 2. The molecule has 0 unspecified atom stereocenters. The Morgan fingerprint density at radius 2 is 2.20 bits per heavy atom. The minimum absolute atomic E-state index is 0.0755. The zero-order chi connectivity index (χ0) is 14.4. The van der Waals surface area contributed by atoms with Gasteiger partial charge in [-0.3, -0.25) is 4.79 Å². The minimum Gasteiger partial charge on any atom is -0.397 e. The van der Waals surface area contributed by atoms with Gasteiger partial charge in [0, 0.05) is 5.39 Å². The first-order chi connectivity index (χ1) is 9.49. The molecule has 0 spiro atoms. The molecule has 0 aliphatic carbocycles. The summed E-state index contributed by atoms with van der Waals surface area (Å²) in [5, 5.41) is 4.27. The van der Waals surface area contributed by atoms with Gasteiger partial charge in [0.05, 0.1) is 35.7 Å². The topological polar surface area (TPSA) is 77.2 Å². The third-order valence-corrected chi connectivity index (χ3v) is 5.05. The first kappa shape index (κ1) is 13.6. The number of fused-ring (bicyclic) bond motifs is 1. The number of nitrogen functional groups attached to an aromatic ring is 1. The fourth-order valence-electron chi connectivity index (χ4n) is 2.19. The lowest BCUT2D eigenvalue weighted by Crippen LogP contribution is -2.48. The molecule has 1 fully saturated rings. The van der Waals surface area contributed by atoms with Crippen LogP contribution in [0.5, 0.6) is 0 Å². The number of ether oxygens (including phenoxy) is 1. The molecule has 1 saturated heterocycles. The van der Waals surface area contributed by atoms with Gasteiger partial charge >= 0.3 is 0 Å². The average molecular weight is 312 g/mol. The van der Waals surface area contributed by atoms with Crippen molar-refractivity contribution in [3.63, 3.8) is 0 Å². The van der Waals surface area contributed by atoms with Gasteiger partial charge in [0.1, 0.15) is 9.71 Å². The van der Waals surface area contributed by atoms with Crippen LogP contribution in [0.15, 0.2) is 0 Å². The molecule has 0 bridgehead atoms. The number of nitrogens with two attached hydrogens (primary N) is 1. The number of rotatable bonds is 2. The molecule has 0 atom stereocenters. The summed E-state index contributed by atoms with van der Waals surface area (Å²) in [6.45, 7) is 4.84. The number of carbonyl (C=O) groups excluding carboxylic acids is 1. The third kappa shape index (κ3) is 2.04. The number of halogens is 1. The fourth-order valence-corrected chi connectivity index (χ4v) is 3.44. The predicted octanol–water partition coefficient (Wildman–Crippen LogP) is 2.28. The third-order valence-electron chi connectivity index (χ3n) is 3.40. The number of nitrogens with zero attached hydrogens (tertiary/aromatic N) is 1. The molecule has 1 amide bonds. The number of hydrogen-bond donors (Lipinski definition) is 2. The smallest absolute Gasteiger partial charge is 0.263 e. The molecule has 1 aliphatic heterocycles. The van der Waals surface area contributed by atoms with Gasteiger partial charge in [-0.05, 0) is 19.4 Å². The number of anilines is 1. The highest BCUT2D eigenvalue weighted by atomic mass is 35.5. The molecule has 0 saturated carbocycles. The van der Waals surface area contributed by atoms with Gasteiger partial charge in [-0.15, -0.1) is 11.3 Å². The maximum atomic E-state index is 12.2. The van der Waals surface area contributed by atoms with Gasteiger partial charge in [-0.1, -0.05) is 11.6 Å². The van der Waals surface area contributed by atoms with Crippen molar-refractivity contribution in [2.45, 2.75) is 19.9 Å². The number of carbonyl (C=O) groups is 1. The van der Waals surface area contributed by atoms with Crippen molar-refractivity contribution in [2.24, 2.45) is 0 Å². The lowest BCUT2D eigenvalue weighted by atomic mass is 10.1. The summed E-state index contributed by atoms with van der Waals surface area (Å²) in [5.74, 6) is -0.174. The van der Waals surface area contributed by atoms with E-state index >= 15 is 0 Å². The fraction of sp³-hybridized carbons (Fsp3) is 0.385. The molecule has 20 heavy (non-hydrogen) atoms. The predicted molar refractivity (Wildman–Crippen MR) is 80.6 cm³/mol. The highest BCUT2D eigenvalue weighted by molar-refractivity contribution is 7.21. The van der Waals surface area contributed by atoms with Crippen LogP contribution in [-0.2, 0) is 4.74 Å². The van der Waals surface area contributed by atoms with E-state index in [1.165, 1.54) is 11.3 Å². The summed E-state index contributed by atoms with van der Waals surface area (Å²) in [6, 6.07) is 0.0755. The molecule has 2 aromatic heterocycles. The molecule has 0 aromatic carbocycles. The molecule has 7 heteroatoms. The van der Waals surface area contributed by atoms with Crippen LogP contribution in [0.1, 0.15) is 20.9 Å². The monoisotopic (exact) mass is 311 g/mol. The standard InChI is InChI=1S/C13H14ClN3O2S/c1-5-8-10(15)11(12(18)17-7-3-19-4-7)20-13(8)16-6(2)9(5)14/h7H,3-4,15H2,1-2H3,(H,17,18). The Balaban J connectivity index is 2.06. The molecule has 3 heterocycles. The van der Waals surface area contributed by atoms with E-state index in [1.807, 2.05) is 13.8 Å². The second kappa shape index (κ2) is 4.87. The second-order valence-corrected chi connectivity index (χ2v) is 6.25. The SMILES string of the molecule is Cc1nc2sc(C(=O)NC3COC3)c(N)c2c(C)c1Cl. The Labute approximate surface area is 125 Å². The van der Waals surface area contributed by atoms with E-state index in [9.17, 15) is 4.79 Å². The Bertz CT molecular complexity index is 709. The van der Waals surface area contributed by atoms with E-state index in [2.05, 4.69) is 10.3 Å². The molecular formula is C13H14ClN3O2S. The average Bonchev–Trinajstić information content (AvgIpc) is 2.68. The van der Waals surface area contributed by atoms with Gasteiger partial charge in [0.25, 0.3) is 5.91 Å². The van der Waals surface area contributed by atoms with Crippen LogP contribution < -0.4 is 11.1 Å². The van der Waals surface area contributed by atoms with Crippen molar-refractivity contribution in [1.82, 2.24) is 10.3 Å². The molecule has 5 nitrogen and oxygen atoms in total. The van der Waals surface area contributed by atoms with Crippen LogP contribution >= 0.6 is 22.9 Å². The van der Waals surface area contributed by atoms with Crippen molar-refractivity contribution >= 4 is 44.7 Å². The molecule has 3 rings (SSSR count). The van der Waals surface area contributed by atoms with Crippen molar-refractivity contribution in [1.29, 1.82) is 0 Å². The summed E-state index contributed by atoms with van der Waals surface area (Å²) in [6.07, 6.45) is 0. The normalized spacial score (nSPS) is 15.3. The second-order valence-electron chi connectivity index (χ2n) is 4.87. The van der Waals surface area contributed by atoms with E-state index in [4.69, 9.17) is 22.1 Å². The number of nitrogens with one attached hydrogen (secondary N) is 1. The molecule has 0 radical (unpaired) electrons. The van der Waals surface area contributed by atoms with E-state index in [1.54, 1.807) is 0 Å². The van der Waals surface area contributed by atoms with Crippen molar-refractivity contribution in [3.05, 3.63) is 21.2 Å². The van der Waals surface area contributed by atoms with Crippen LogP contribution in [-0.4, -0.2) is 30.1 Å². The number of pyridine rings is 1. The molecule has 2 aromatic rings. The zero-order valence-electron chi connectivity index (χ0n) is 11.1. The highest BCUT2D eigenvalue weighted by Gasteiger charge is 2.25. The first-order valence-corrected chi connectivity index (χ1v) is 7.41. The number of thiophene rings is 1. The van der Waals surface area contributed by atoms with Crippen molar-refractivity contribution < 1.29 is 9.53 Å². The lowest BCUT2D eigenvalue weighted by Gasteiger charge is -2.26. The Morgan fingerprint density at radius 1 is 1.50 bits per heavy atom. The van der Waals surface area contributed by atoms with Gasteiger partial charge in [-0.2, -0.15) is 0 Å². The summed E-state index contributed by atoms with van der Waals surface area (Å²) >= 11 is 7.50. The Hall–Kier alpha value is -1.37. The van der Waals surface area contributed by atoms with E-state index in [0.717, 1.165) is 21.5 Å². The van der Waals surface area contributed by atoms with E-state index < -0.39 is 0 Å². The van der Waals surface area contributed by atoms with Crippen LogP contribution in [0.25, 0.3) is 10.2 Å². The maximum Gasteiger partial charge on any atom is 0.263 e. The first-order valence-electron chi connectivity index (χ1n) is 6.22. The Kier molecular flexibility index (Phi) is 3.32. The summed E-state index contributed by atoms with van der Waals surface area (Å²) in [4.78, 5) is 17.9. The molecule has 3 N–H and O–H groups in total. The highest BCUT2D eigenvalue weighted by Crippen LogP contribution is 2.38. The van der Waals surface area contributed by atoms with Crippen LogP contribution in [0, 0.1) is 13.8 Å². The van der Waals surface area contributed by atoms with Crippen molar-refractivity contribution in [2.75, 3.05) is 18.9 Å². The van der Waals surface area contributed by atoms with E-state index in [-0.39, 0.29) is 11.9 Å². The van der Waals surface area contributed by atoms with Gasteiger partial charge in [0.2, 0.25) is 0 Å². The lowest BCUT2D eigenvalue weighted by molar-refractivity contribution is -0.00337. The van der Waals surface area contributed by atoms with Crippen molar-refractivity contribution in [3.8, 4) is 0 Å². The zero-order valence-corrected chi connectivity index (χ0v) is 12.7. The quantitative estimate of drug-likeness (QED) is 0.892. The molecule has 106 valence electrons. The largest absolute Gasteiger partial charge is 0.397 e. The summed E-state index contributed by atoms with van der Waals surface area (Å²) < 4.78 is 5.04. The van der Waals surface area contributed by atoms with Gasteiger partial charge in [-0.25, -0.2) is 4.98 Å². The minimum atomic E-state index is -0.174. The van der Waals surface area contributed by atoms with Crippen LogP contribution in [0.3, 0.4) is 0 Å². The summed E-state index contributed by atoms with van der Waals surface area (Å²) in [7, 11) is 0. The van der Waals surface area contributed by atoms with E-state index in [0.29, 0.717) is 28.8 Å². The molecule has 1 aliphatic rings. The Morgan fingerprint density at radius 3 is 2.80 bits per heavy atom. The van der Waals surface area contributed by atoms with Crippen LogP contribution in [0.4, 0.5) is 5.69 Å². The number of amides is 1. The van der Waals surface area contributed by atoms with Gasteiger partial charge < -0.3 is 15.8 Å². The maximum absolute atomic E-state index is 12.2. The number of aromatic nitrogens is 1. The number of hydrogen-bond acceptors (Lipinski definition) is 5. The summed E-state index contributed by atoms with van der Waals surface area (Å²) in [5.41, 5.74) is 8.18. The van der Waals surface area contributed by atoms with Gasteiger partial charge in [0.15, 0.2) is 0 Å². The molecular weight excluding hydrogens is 298 g/mol.